The van der Waals surface area contributed by atoms with Crippen molar-refractivity contribution in [2.75, 3.05) is 25.4 Å². The molecule has 1 fully saturated rings. The molecule has 0 aromatic heterocycles. The van der Waals surface area contributed by atoms with Crippen LogP contribution in [0.3, 0.4) is 0 Å². The van der Waals surface area contributed by atoms with Gasteiger partial charge in [-0.15, -0.1) is 0 Å². The van der Waals surface area contributed by atoms with Gasteiger partial charge in [0.2, 0.25) is 15.9 Å². The number of hydrogen-bond acceptors (Lipinski definition) is 4. The highest BCUT2D eigenvalue weighted by Crippen LogP contribution is 2.24. The maximum absolute atomic E-state index is 12.6. The Kier molecular flexibility index (Phi) is 8.04. The number of rotatable bonds is 7. The molecule has 8 heteroatoms. The van der Waals surface area contributed by atoms with E-state index in [2.05, 4.69) is 26.1 Å². The van der Waals surface area contributed by atoms with E-state index in [0.29, 0.717) is 43.1 Å². The van der Waals surface area contributed by atoms with E-state index in [4.69, 9.17) is 11.6 Å². The molecule has 1 aliphatic rings. The molecule has 1 N–H and O–H groups in total. The number of nitrogens with one attached hydrogen (secondary N) is 1. The minimum absolute atomic E-state index is 0.0383. The highest BCUT2D eigenvalue weighted by Gasteiger charge is 2.31. The summed E-state index contributed by atoms with van der Waals surface area (Å²) in [7, 11) is -3.40. The van der Waals surface area contributed by atoms with Gasteiger partial charge >= 0.3 is 0 Å². The molecule has 0 atom stereocenters. The van der Waals surface area contributed by atoms with Crippen molar-refractivity contribution < 1.29 is 13.2 Å². The minimum atomic E-state index is -3.40. The Balaban J connectivity index is 1.79. The number of amides is 1. The van der Waals surface area contributed by atoms with E-state index in [1.54, 1.807) is 24.3 Å². The second-order valence-corrected chi connectivity index (χ2v) is 12.1. The smallest absolute Gasteiger partial charge is 0.223 e. The van der Waals surface area contributed by atoms with Gasteiger partial charge in [-0.1, -0.05) is 44.5 Å². The molecule has 2 rings (SSSR count). The first-order valence-corrected chi connectivity index (χ1v) is 12.2. The Labute approximate surface area is 172 Å². The maximum atomic E-state index is 12.6. The average Bonchev–Trinajstić information content (AvgIpc) is 2.57. The SMILES string of the molecule is CC(C)(C)SCCNC(=O)C1CCN(S(=O)(=O)Cc2cccc(Cl)c2)CC1. The third kappa shape index (κ3) is 7.64. The highest BCUT2D eigenvalue weighted by molar-refractivity contribution is 8.00. The molecule has 27 heavy (non-hydrogen) atoms. The van der Waals surface area contributed by atoms with Crippen molar-refractivity contribution in [3.63, 3.8) is 0 Å². The van der Waals surface area contributed by atoms with Crippen molar-refractivity contribution in [3.05, 3.63) is 34.9 Å². The summed E-state index contributed by atoms with van der Waals surface area (Å²) in [5, 5.41) is 3.51. The van der Waals surface area contributed by atoms with Gasteiger partial charge in [0.05, 0.1) is 5.75 Å². The fourth-order valence-electron chi connectivity index (χ4n) is 3.00. The zero-order chi connectivity index (χ0) is 20.1. The van der Waals surface area contributed by atoms with Gasteiger partial charge in [-0.3, -0.25) is 4.79 Å². The molecule has 1 amide bonds. The third-order valence-corrected chi connectivity index (χ3v) is 7.75. The van der Waals surface area contributed by atoms with Crippen LogP contribution in [0.2, 0.25) is 5.02 Å². The Morgan fingerprint density at radius 3 is 2.56 bits per heavy atom. The molecule has 0 saturated carbocycles. The number of sulfonamides is 1. The summed E-state index contributed by atoms with van der Waals surface area (Å²) in [6.07, 6.45) is 1.13. The molecule has 152 valence electrons. The van der Waals surface area contributed by atoms with Gasteiger partial charge in [-0.25, -0.2) is 12.7 Å². The van der Waals surface area contributed by atoms with Gasteiger partial charge in [0.25, 0.3) is 0 Å². The molecule has 0 aliphatic carbocycles. The lowest BCUT2D eigenvalue weighted by atomic mass is 9.97. The summed E-state index contributed by atoms with van der Waals surface area (Å²) >= 11 is 7.75. The number of benzene rings is 1. The van der Waals surface area contributed by atoms with Gasteiger partial charge in [0.1, 0.15) is 0 Å². The van der Waals surface area contributed by atoms with Crippen LogP contribution >= 0.6 is 23.4 Å². The molecule has 0 bridgehead atoms. The van der Waals surface area contributed by atoms with E-state index in [0.717, 1.165) is 5.75 Å². The lowest BCUT2D eigenvalue weighted by molar-refractivity contribution is -0.125. The lowest BCUT2D eigenvalue weighted by Crippen LogP contribution is -2.43. The number of nitrogens with zero attached hydrogens (tertiary/aromatic N) is 1. The second kappa shape index (κ2) is 9.63. The van der Waals surface area contributed by atoms with Gasteiger partial charge < -0.3 is 5.32 Å². The number of piperidine rings is 1. The predicted molar refractivity (Wildman–Crippen MR) is 114 cm³/mol. The first kappa shape index (κ1) is 22.5. The Morgan fingerprint density at radius 1 is 1.30 bits per heavy atom. The molecule has 0 radical (unpaired) electrons. The van der Waals surface area contributed by atoms with Gasteiger partial charge in [0.15, 0.2) is 0 Å². The van der Waals surface area contributed by atoms with E-state index in [-0.39, 0.29) is 22.3 Å². The van der Waals surface area contributed by atoms with E-state index in [9.17, 15) is 13.2 Å². The van der Waals surface area contributed by atoms with Crippen LogP contribution in [-0.2, 0) is 20.6 Å². The molecule has 5 nitrogen and oxygen atoms in total. The Morgan fingerprint density at radius 2 is 1.96 bits per heavy atom. The summed E-state index contributed by atoms with van der Waals surface area (Å²) in [5.41, 5.74) is 0.679. The van der Waals surface area contributed by atoms with Crippen LogP contribution in [0.5, 0.6) is 0 Å². The van der Waals surface area contributed by atoms with Crippen molar-refractivity contribution in [1.29, 1.82) is 0 Å². The summed E-state index contributed by atoms with van der Waals surface area (Å²) in [6, 6.07) is 6.91. The second-order valence-electron chi connectivity index (χ2n) is 7.81. The molecule has 1 aromatic carbocycles. The van der Waals surface area contributed by atoms with Gasteiger partial charge in [-0.2, -0.15) is 11.8 Å². The zero-order valence-electron chi connectivity index (χ0n) is 16.2. The predicted octanol–water partition coefficient (Wildman–Crippen LogP) is 3.53. The van der Waals surface area contributed by atoms with Crippen LogP contribution in [-0.4, -0.2) is 48.8 Å². The maximum Gasteiger partial charge on any atom is 0.223 e. The van der Waals surface area contributed by atoms with Gasteiger partial charge in [0, 0.05) is 41.1 Å². The topological polar surface area (TPSA) is 66.5 Å². The number of carbonyl (C=O) groups excluding carboxylic acids is 1. The van der Waals surface area contributed by atoms with E-state index in [1.165, 1.54) is 4.31 Å². The summed E-state index contributed by atoms with van der Waals surface area (Å²) < 4.78 is 26.9. The quantitative estimate of drug-likeness (QED) is 0.669. The molecule has 1 heterocycles. The normalized spacial score (nSPS) is 17.0. The Bertz CT molecular complexity index is 740. The van der Waals surface area contributed by atoms with Crippen LogP contribution in [0, 0.1) is 5.92 Å². The van der Waals surface area contributed by atoms with Crippen molar-refractivity contribution in [3.8, 4) is 0 Å². The molecule has 1 aromatic rings. The third-order valence-electron chi connectivity index (χ3n) is 4.39. The largest absolute Gasteiger partial charge is 0.355 e. The fourth-order valence-corrected chi connectivity index (χ4v) is 5.58. The molecular weight excluding hydrogens is 404 g/mol. The van der Waals surface area contributed by atoms with E-state index < -0.39 is 10.0 Å². The average molecular weight is 433 g/mol. The van der Waals surface area contributed by atoms with Crippen LogP contribution in [0.1, 0.15) is 39.2 Å². The van der Waals surface area contributed by atoms with Crippen molar-refractivity contribution in [1.82, 2.24) is 9.62 Å². The number of carbonyl (C=O) groups is 1. The fraction of sp³-hybridized carbons (Fsp3) is 0.632. The first-order valence-electron chi connectivity index (χ1n) is 9.21. The lowest BCUT2D eigenvalue weighted by Gasteiger charge is -2.30. The Hall–Kier alpha value is -0.760. The molecule has 1 saturated heterocycles. The highest BCUT2D eigenvalue weighted by atomic mass is 35.5. The van der Waals surface area contributed by atoms with Crippen molar-refractivity contribution in [2.24, 2.45) is 5.92 Å². The standard InChI is InChI=1S/C19H29ClN2O3S2/c1-19(2,3)26-12-9-21-18(23)16-7-10-22(11-8-16)27(24,25)14-15-5-4-6-17(20)13-15/h4-6,13,16H,7-12,14H2,1-3H3,(H,21,23). The summed E-state index contributed by atoms with van der Waals surface area (Å²) in [5.74, 6) is 0.745. The number of halogens is 1. The van der Waals surface area contributed by atoms with Crippen molar-refractivity contribution >= 4 is 39.3 Å². The molecular formula is C19H29ClN2O3S2. The van der Waals surface area contributed by atoms with E-state index in [1.807, 2.05) is 11.8 Å². The summed E-state index contributed by atoms with van der Waals surface area (Å²) in [4.78, 5) is 12.3. The van der Waals surface area contributed by atoms with Crippen LogP contribution in [0.4, 0.5) is 0 Å². The number of thioether (sulfide) groups is 1. The molecule has 0 unspecified atom stereocenters. The monoisotopic (exact) mass is 432 g/mol. The zero-order valence-corrected chi connectivity index (χ0v) is 18.6. The van der Waals surface area contributed by atoms with E-state index >= 15 is 0 Å². The minimum Gasteiger partial charge on any atom is -0.355 e. The van der Waals surface area contributed by atoms with Crippen LogP contribution in [0.15, 0.2) is 24.3 Å². The molecule has 0 spiro atoms. The van der Waals surface area contributed by atoms with Crippen molar-refractivity contribution in [2.45, 2.75) is 44.1 Å². The summed E-state index contributed by atoms with van der Waals surface area (Å²) in [6.45, 7) is 7.88. The first-order chi connectivity index (χ1) is 12.6. The number of hydrogen-bond donors (Lipinski definition) is 1. The van der Waals surface area contributed by atoms with Gasteiger partial charge in [-0.05, 0) is 30.5 Å². The molecule has 1 aliphatic heterocycles. The van der Waals surface area contributed by atoms with Crippen LogP contribution in [0.25, 0.3) is 0 Å². The van der Waals surface area contributed by atoms with Crippen LogP contribution < -0.4 is 5.32 Å².